The molecular weight excluding hydrogens is 822 g/mol. The van der Waals surface area contributed by atoms with Gasteiger partial charge in [-0.2, -0.15) is 0 Å². The van der Waals surface area contributed by atoms with Crippen molar-refractivity contribution in [2.75, 3.05) is 66.9 Å². The van der Waals surface area contributed by atoms with E-state index in [-0.39, 0.29) is 109 Å². The van der Waals surface area contributed by atoms with Crippen LogP contribution in [0.1, 0.15) is 7.43 Å². The summed E-state index contributed by atoms with van der Waals surface area (Å²) in [5.74, 6) is 2.87. The third kappa shape index (κ3) is 104. The summed E-state index contributed by atoms with van der Waals surface area (Å²) in [4.78, 5) is 0. The van der Waals surface area contributed by atoms with E-state index in [9.17, 15) is 0 Å². The molecule has 1 heterocycles. The van der Waals surface area contributed by atoms with Gasteiger partial charge in [-0.15, -0.1) is 104 Å². The van der Waals surface area contributed by atoms with E-state index in [0.29, 0.717) is 29.6 Å². The van der Waals surface area contributed by atoms with Crippen molar-refractivity contribution < 1.29 is 53.2 Å². The smallest absolute Gasteiger partial charge is 0.870 e. The SMILES string of the molecule is C.C=CC[ClH+].ClCC1CO1.ClCl.O.OC(CCl)CCl.OC(CCl)CCl.OCC(Cl)CCl.OCC(Cl)CCl.[Ca+2].[OH-].[OH-]. The summed E-state index contributed by atoms with van der Waals surface area (Å²) >= 11 is 51.0. The minimum absolute atomic E-state index is 0. The molecule has 0 bridgehead atoms. The number of rotatable bonds is 10. The third-order valence-electron chi connectivity index (χ3n) is 2.14. The van der Waals surface area contributed by atoms with Crippen molar-refractivity contribution >= 4 is 164 Å². The summed E-state index contributed by atoms with van der Waals surface area (Å²) < 4.78 is 4.73. The van der Waals surface area contributed by atoms with Crippen LogP contribution in [0.25, 0.3) is 0 Å². The van der Waals surface area contributed by atoms with Gasteiger partial charge in [0.2, 0.25) is 0 Å². The molecule has 0 aromatic carbocycles. The molecule has 0 aromatic rings. The van der Waals surface area contributed by atoms with Crippen molar-refractivity contribution in [1.82, 2.24) is 0 Å². The van der Waals surface area contributed by atoms with Crippen molar-refractivity contribution in [3.8, 4) is 0 Å². The molecule has 0 spiro atoms. The molecule has 1 aliphatic rings. The fourth-order valence-corrected chi connectivity index (χ4v) is 1.37. The second-order valence-corrected chi connectivity index (χ2v) is 9.09. The van der Waals surface area contributed by atoms with Crippen molar-refractivity contribution in [1.29, 1.82) is 0 Å². The maximum absolute atomic E-state index is 8.40. The molecule has 8 N–H and O–H groups in total. The van der Waals surface area contributed by atoms with Crippen molar-refractivity contribution in [3.05, 3.63) is 12.7 Å². The molecule has 3 atom stereocenters. The maximum atomic E-state index is 8.40. The quantitative estimate of drug-likeness (QED) is 0.105. The van der Waals surface area contributed by atoms with Crippen molar-refractivity contribution in [2.45, 2.75) is 36.5 Å². The van der Waals surface area contributed by atoms with Gasteiger partial charge in [-0.25, -0.2) is 0 Å². The fourth-order valence-electron chi connectivity index (χ4n) is 0.337. The number of epoxide rings is 1. The molecule has 0 amide bonds. The molecule has 3 unspecified atom stereocenters. The number of alkyl halides is 10. The average molecular weight is 865 g/mol. The van der Waals surface area contributed by atoms with Gasteiger partial charge in [0.1, 0.15) is 11.6 Å². The van der Waals surface area contributed by atoms with E-state index < -0.39 is 12.2 Å². The van der Waals surface area contributed by atoms with Gasteiger partial charge in [-0.3, -0.25) is 0 Å². The van der Waals surface area contributed by atoms with Gasteiger partial charge in [0.05, 0.1) is 54.8 Å². The maximum Gasteiger partial charge on any atom is 2.00 e. The summed E-state index contributed by atoms with van der Waals surface area (Å²) in [6, 6.07) is 0. The molecule has 0 aromatic heterocycles. The van der Waals surface area contributed by atoms with Gasteiger partial charge in [-0.05, 0) is 6.08 Å². The fraction of sp³-hybridized carbons (Fsp3) is 0.895. The van der Waals surface area contributed by atoms with Crippen LogP contribution in [-0.2, 0) is 4.74 Å². The van der Waals surface area contributed by atoms with Crippen LogP contribution in [0.3, 0.4) is 0 Å². The normalized spacial score (nSPS) is 12.4. The van der Waals surface area contributed by atoms with Gasteiger partial charge in [0.15, 0.2) is 5.88 Å². The number of aliphatic hydroxyl groups is 4. The Bertz CT molecular complexity index is 298. The zero-order valence-electron chi connectivity index (χ0n) is 20.8. The van der Waals surface area contributed by atoms with Crippen LogP contribution < -0.4 is 0 Å². The zero-order valence-corrected chi connectivity index (χ0v) is 32.2. The Kier molecular flexibility index (Phi) is 139. The molecule has 0 radical (unpaired) electrons. The Labute approximate surface area is 329 Å². The molecule has 1 fully saturated rings. The van der Waals surface area contributed by atoms with Crippen LogP contribution >= 0.6 is 126 Å². The number of ether oxygens (including phenoxy) is 1. The number of hydrogen-bond donors (Lipinski definition) is 4. The van der Waals surface area contributed by atoms with Gasteiger partial charge in [0.25, 0.3) is 0 Å². The van der Waals surface area contributed by atoms with E-state index in [4.69, 9.17) is 130 Å². The largest absolute Gasteiger partial charge is 2.00 e. The first kappa shape index (κ1) is 74.8. The molecule has 252 valence electrons. The van der Waals surface area contributed by atoms with Crippen LogP contribution in [0.2, 0.25) is 0 Å². The Balaban J connectivity index is -0.0000000271. The van der Waals surface area contributed by atoms with Crippen LogP contribution in [0, 0.1) is 11.6 Å². The van der Waals surface area contributed by atoms with Crippen LogP contribution in [0.15, 0.2) is 12.7 Å². The van der Waals surface area contributed by atoms with Crippen molar-refractivity contribution in [3.63, 3.8) is 0 Å². The standard InChI is InChI=1S/4C3H6Cl2O.C3H5ClO.C3H6Cl.CH4.Ca.Cl2.3H2O/c2*4-1-3(5)2-6;2*4-1-3(6)2-5;4-1-3-2-5-3;1-2-3-4;;;1-2;;;/h4*3,6H,1-2H2;3H,1-2H2;2,4H,1,3H2;1H4;;;3*1H2/q;;;;;+1;;+2;;;;/p-2. The first-order chi connectivity index (χ1) is 16.6. The Hall–Kier alpha value is 4.16. The predicted octanol–water partition coefficient (Wildman–Crippen LogP) is 4.83. The van der Waals surface area contributed by atoms with Gasteiger partial charge in [0, 0.05) is 57.0 Å². The number of halogens is 12. The van der Waals surface area contributed by atoms with E-state index in [1.54, 1.807) is 6.08 Å². The summed E-state index contributed by atoms with van der Waals surface area (Å²) in [6.45, 7) is 4.18. The average Bonchev–Trinajstić information content (AvgIpc) is 3.78. The third-order valence-corrected chi connectivity index (χ3v) is 5.79. The predicted molar refractivity (Wildman–Crippen MR) is 178 cm³/mol. The molecule has 21 heteroatoms. The summed E-state index contributed by atoms with van der Waals surface area (Å²) in [6.07, 6.45) is 1.02. The number of aliphatic hydroxyl groups excluding tert-OH is 4. The van der Waals surface area contributed by atoms with Crippen LogP contribution in [0.5, 0.6) is 0 Å². The second-order valence-electron chi connectivity index (χ2n) is 5.36. The van der Waals surface area contributed by atoms with E-state index in [2.05, 4.69) is 39.9 Å². The molecule has 40 heavy (non-hydrogen) atoms. The summed E-state index contributed by atoms with van der Waals surface area (Å²) in [5.41, 5.74) is 0. The van der Waals surface area contributed by atoms with Gasteiger partial charge < -0.3 is 41.6 Å². The van der Waals surface area contributed by atoms with Gasteiger partial charge >= 0.3 is 37.7 Å². The molecule has 8 nitrogen and oxygen atoms in total. The van der Waals surface area contributed by atoms with E-state index >= 15 is 0 Å². The van der Waals surface area contributed by atoms with E-state index in [1.807, 2.05) is 0 Å². The number of hydrogen-bond acceptors (Lipinski definition) is 7. The first-order valence-corrected chi connectivity index (χ1v) is 15.6. The Morgan fingerprint density at radius 2 is 1.00 bits per heavy atom. The molecule has 1 aliphatic heterocycles. The summed E-state index contributed by atoms with van der Waals surface area (Å²) in [5, 5.41) is 32.5. The molecule has 0 saturated carbocycles. The molecule has 1 saturated heterocycles. The van der Waals surface area contributed by atoms with E-state index in [1.165, 1.54) is 0 Å². The molecule has 1 rings (SSSR count). The van der Waals surface area contributed by atoms with Crippen molar-refractivity contribution in [2.24, 2.45) is 0 Å². The molecular formula is C19H43CaCl12O8+. The minimum atomic E-state index is -0.534. The van der Waals surface area contributed by atoms with E-state index in [0.717, 1.165) is 6.61 Å². The topological polar surface area (TPSA) is 185 Å². The number of allylic oxidation sites excluding steroid dienone is 1. The second kappa shape index (κ2) is 74.2. The Morgan fingerprint density at radius 3 is 1.00 bits per heavy atom. The molecule has 0 aliphatic carbocycles. The minimum Gasteiger partial charge on any atom is -0.870 e. The summed E-state index contributed by atoms with van der Waals surface area (Å²) in [7, 11) is 8.22. The van der Waals surface area contributed by atoms with Gasteiger partial charge in [-0.1, -0.05) is 14.0 Å². The van der Waals surface area contributed by atoms with Crippen LogP contribution in [0.4, 0.5) is 0 Å². The Morgan fingerprint density at radius 1 is 0.775 bits per heavy atom. The first-order valence-electron chi connectivity index (χ1n) is 9.31. The monoisotopic (exact) mass is 859 g/mol. The zero-order chi connectivity index (χ0) is 29.1. The van der Waals surface area contributed by atoms with Crippen LogP contribution in [-0.4, -0.2) is 171 Å².